The maximum absolute atomic E-state index is 13.7. The van der Waals surface area contributed by atoms with Crippen molar-refractivity contribution >= 4 is 23.2 Å². The van der Waals surface area contributed by atoms with Gasteiger partial charge in [-0.15, -0.1) is 0 Å². The van der Waals surface area contributed by atoms with Gasteiger partial charge in [0.15, 0.2) is 0 Å². The van der Waals surface area contributed by atoms with Crippen LogP contribution in [0, 0.1) is 5.82 Å². The fourth-order valence-corrected chi connectivity index (χ4v) is 2.19. The van der Waals surface area contributed by atoms with Crippen LogP contribution >= 0.6 is 23.2 Å². The Hall–Kier alpha value is -1.10. The fourth-order valence-electron chi connectivity index (χ4n) is 1.82. The Labute approximate surface area is 121 Å². The highest BCUT2D eigenvalue weighted by Gasteiger charge is 2.12. The number of rotatable bonds is 4. The van der Waals surface area contributed by atoms with Gasteiger partial charge < -0.3 is 4.57 Å². The molecule has 0 spiro atoms. The molecular weight excluding hydrogens is 288 g/mol. The van der Waals surface area contributed by atoms with Crippen LogP contribution in [0.4, 0.5) is 4.39 Å². The van der Waals surface area contributed by atoms with Gasteiger partial charge in [0.05, 0.1) is 12.7 Å². The topological polar surface area (TPSA) is 21.1 Å². The van der Waals surface area contributed by atoms with E-state index in [0.717, 1.165) is 5.82 Å². The summed E-state index contributed by atoms with van der Waals surface area (Å²) >= 11 is 11.9. The molecule has 0 atom stereocenters. The van der Waals surface area contributed by atoms with Gasteiger partial charge in [-0.25, -0.2) is 9.37 Å². The highest BCUT2D eigenvalue weighted by Crippen LogP contribution is 2.21. The first-order chi connectivity index (χ1) is 8.99. The highest BCUT2D eigenvalue weighted by atomic mass is 35.5. The lowest BCUT2D eigenvalue weighted by Gasteiger charge is -2.17. The van der Waals surface area contributed by atoms with E-state index in [2.05, 4.69) is 4.98 Å². The van der Waals surface area contributed by atoms with Crippen molar-refractivity contribution in [3.63, 3.8) is 0 Å². The second-order valence-corrected chi connectivity index (χ2v) is 5.22. The first-order valence-electron chi connectivity index (χ1n) is 5.76. The van der Waals surface area contributed by atoms with Gasteiger partial charge in [-0.2, -0.15) is 0 Å². The average Bonchev–Trinajstić information content (AvgIpc) is 2.66. The first kappa shape index (κ1) is 14.3. The van der Waals surface area contributed by atoms with Crippen molar-refractivity contribution in [1.29, 1.82) is 0 Å². The maximum atomic E-state index is 13.7. The molecule has 0 unspecified atom stereocenters. The summed E-state index contributed by atoms with van der Waals surface area (Å²) in [6, 6.07) is 4.69. The van der Waals surface area contributed by atoms with Gasteiger partial charge in [0, 0.05) is 24.2 Å². The van der Waals surface area contributed by atoms with Crippen molar-refractivity contribution in [1.82, 2.24) is 14.5 Å². The lowest BCUT2D eigenvalue weighted by atomic mass is 10.2. The molecule has 0 aliphatic heterocycles. The van der Waals surface area contributed by atoms with Crippen LogP contribution < -0.4 is 0 Å². The highest BCUT2D eigenvalue weighted by molar-refractivity contribution is 6.31. The van der Waals surface area contributed by atoms with Crippen LogP contribution in [0.25, 0.3) is 0 Å². The Bertz CT molecular complexity index is 563. The molecule has 2 rings (SSSR count). The van der Waals surface area contributed by atoms with E-state index < -0.39 is 0 Å². The minimum absolute atomic E-state index is 0.294. The van der Waals surface area contributed by atoms with E-state index in [4.69, 9.17) is 23.2 Å². The molecule has 0 saturated carbocycles. The summed E-state index contributed by atoms with van der Waals surface area (Å²) in [6.45, 7) is 0.976. The number of benzene rings is 1. The maximum Gasteiger partial charge on any atom is 0.129 e. The van der Waals surface area contributed by atoms with Crippen LogP contribution in [0.3, 0.4) is 0 Å². The van der Waals surface area contributed by atoms with Gasteiger partial charge in [0.1, 0.15) is 16.8 Å². The van der Waals surface area contributed by atoms with E-state index in [0.29, 0.717) is 28.8 Å². The van der Waals surface area contributed by atoms with E-state index in [-0.39, 0.29) is 5.82 Å². The predicted octanol–water partition coefficient (Wildman–Crippen LogP) is 3.50. The predicted molar refractivity (Wildman–Crippen MR) is 74.8 cm³/mol. The number of aromatic nitrogens is 2. The van der Waals surface area contributed by atoms with Gasteiger partial charge in [-0.3, -0.25) is 4.90 Å². The van der Waals surface area contributed by atoms with E-state index >= 15 is 0 Å². The molecule has 0 aliphatic rings. The molecule has 0 N–H and O–H groups in total. The average molecular weight is 302 g/mol. The molecule has 0 fully saturated rings. The zero-order chi connectivity index (χ0) is 14.0. The second kappa shape index (κ2) is 5.90. The molecular formula is C13H14Cl2FN3. The summed E-state index contributed by atoms with van der Waals surface area (Å²) in [5.41, 5.74) is 0.493. The van der Waals surface area contributed by atoms with Gasteiger partial charge >= 0.3 is 0 Å². The number of hydrogen-bond donors (Lipinski definition) is 0. The fraction of sp³-hybridized carbons (Fsp3) is 0.308. The Kier molecular flexibility index (Phi) is 4.45. The van der Waals surface area contributed by atoms with Gasteiger partial charge in [-0.1, -0.05) is 29.3 Å². The molecule has 6 heteroatoms. The van der Waals surface area contributed by atoms with Gasteiger partial charge in [0.2, 0.25) is 0 Å². The van der Waals surface area contributed by atoms with E-state index in [1.165, 1.54) is 6.07 Å². The quantitative estimate of drug-likeness (QED) is 0.862. The Morgan fingerprint density at radius 1 is 1.32 bits per heavy atom. The van der Waals surface area contributed by atoms with Crippen LogP contribution in [-0.2, 0) is 20.1 Å². The van der Waals surface area contributed by atoms with Crippen molar-refractivity contribution in [2.45, 2.75) is 13.1 Å². The van der Waals surface area contributed by atoms with Crippen LogP contribution in [-0.4, -0.2) is 21.5 Å². The van der Waals surface area contributed by atoms with Crippen molar-refractivity contribution in [3.05, 3.63) is 51.8 Å². The molecule has 0 saturated heterocycles. The van der Waals surface area contributed by atoms with Crippen LogP contribution in [0.15, 0.2) is 24.4 Å². The summed E-state index contributed by atoms with van der Waals surface area (Å²) in [6.07, 6.45) is 1.60. The number of nitrogens with zero attached hydrogens (tertiary/aromatic N) is 3. The molecule has 1 aromatic carbocycles. The van der Waals surface area contributed by atoms with Gasteiger partial charge in [-0.05, 0) is 19.2 Å². The number of imidazole rings is 1. The van der Waals surface area contributed by atoms with Crippen molar-refractivity contribution in [2.75, 3.05) is 7.05 Å². The third-order valence-electron chi connectivity index (χ3n) is 2.93. The SMILES string of the molecule is CN(Cc1c(F)cccc1Cl)Cc1ncc(Cl)n1C. The molecule has 1 aromatic heterocycles. The second-order valence-electron chi connectivity index (χ2n) is 4.43. The summed E-state index contributed by atoms with van der Waals surface area (Å²) in [5.74, 6) is 0.525. The molecule has 102 valence electrons. The molecule has 0 bridgehead atoms. The van der Waals surface area contributed by atoms with Crippen molar-refractivity contribution in [2.24, 2.45) is 7.05 Å². The van der Waals surface area contributed by atoms with Crippen LogP contribution in [0.5, 0.6) is 0 Å². The summed E-state index contributed by atoms with van der Waals surface area (Å²) < 4.78 is 15.5. The first-order valence-corrected chi connectivity index (χ1v) is 6.52. The molecule has 0 amide bonds. The lowest BCUT2D eigenvalue weighted by Crippen LogP contribution is -2.20. The molecule has 19 heavy (non-hydrogen) atoms. The number of hydrogen-bond acceptors (Lipinski definition) is 2. The van der Waals surface area contributed by atoms with Gasteiger partial charge in [0.25, 0.3) is 0 Å². The van der Waals surface area contributed by atoms with E-state index in [1.807, 2.05) is 19.0 Å². The largest absolute Gasteiger partial charge is 0.321 e. The van der Waals surface area contributed by atoms with E-state index in [9.17, 15) is 4.39 Å². The van der Waals surface area contributed by atoms with E-state index in [1.54, 1.807) is 22.9 Å². The third kappa shape index (κ3) is 3.26. The Balaban J connectivity index is 2.09. The smallest absolute Gasteiger partial charge is 0.129 e. The van der Waals surface area contributed by atoms with Crippen LogP contribution in [0.1, 0.15) is 11.4 Å². The van der Waals surface area contributed by atoms with Crippen LogP contribution in [0.2, 0.25) is 10.2 Å². The van der Waals surface area contributed by atoms with Crippen molar-refractivity contribution < 1.29 is 4.39 Å². The lowest BCUT2D eigenvalue weighted by molar-refractivity contribution is 0.302. The minimum atomic E-state index is -0.294. The molecule has 0 radical (unpaired) electrons. The van der Waals surface area contributed by atoms with Crippen molar-refractivity contribution in [3.8, 4) is 0 Å². The molecule has 3 nitrogen and oxygen atoms in total. The Morgan fingerprint density at radius 3 is 2.63 bits per heavy atom. The summed E-state index contributed by atoms with van der Waals surface area (Å²) in [7, 11) is 3.72. The molecule has 1 heterocycles. The summed E-state index contributed by atoms with van der Waals surface area (Å²) in [5, 5.41) is 1.01. The zero-order valence-electron chi connectivity index (χ0n) is 10.7. The third-order valence-corrected chi connectivity index (χ3v) is 3.63. The number of halogens is 3. The normalized spacial score (nSPS) is 11.3. The summed E-state index contributed by atoms with van der Waals surface area (Å²) in [4.78, 5) is 6.14. The molecule has 2 aromatic rings. The minimum Gasteiger partial charge on any atom is -0.321 e. The molecule has 0 aliphatic carbocycles. The monoisotopic (exact) mass is 301 g/mol. The Morgan fingerprint density at radius 2 is 2.05 bits per heavy atom. The standard InChI is InChI=1S/C13H14Cl2FN3/c1-18(8-13-17-6-12(15)19(13)2)7-9-10(14)4-3-5-11(9)16/h3-6H,7-8H2,1-2H3. The zero-order valence-corrected chi connectivity index (χ0v) is 12.2.